The third kappa shape index (κ3) is 3.56. The molecule has 0 amide bonds. The molecule has 0 unspecified atom stereocenters. The summed E-state index contributed by atoms with van der Waals surface area (Å²) in [6.07, 6.45) is 1.54. The summed E-state index contributed by atoms with van der Waals surface area (Å²) in [4.78, 5) is 6.06. The Balaban J connectivity index is 2.34. The van der Waals surface area contributed by atoms with Gasteiger partial charge in [-0.1, -0.05) is 24.6 Å². The maximum absolute atomic E-state index is 13.2. The first kappa shape index (κ1) is 16.7. The molecule has 0 aliphatic rings. The number of hydrogen-bond donors (Lipinski definition) is 0. The smallest absolute Gasteiger partial charge is 0.181 e. The van der Waals surface area contributed by atoms with Gasteiger partial charge < -0.3 is 4.90 Å². The van der Waals surface area contributed by atoms with Gasteiger partial charge in [0.1, 0.15) is 16.5 Å². The summed E-state index contributed by atoms with van der Waals surface area (Å²) in [5.74, 6) is -0.119. The number of anilines is 1. The van der Waals surface area contributed by atoms with Crippen molar-refractivity contribution in [2.75, 3.05) is 17.7 Å². The van der Waals surface area contributed by atoms with E-state index in [2.05, 4.69) is 4.98 Å². The lowest BCUT2D eigenvalue weighted by Gasteiger charge is -2.21. The molecule has 1 aromatic carbocycles. The van der Waals surface area contributed by atoms with Gasteiger partial charge >= 0.3 is 0 Å². The van der Waals surface area contributed by atoms with Crippen molar-refractivity contribution in [3.05, 3.63) is 52.9 Å². The fourth-order valence-corrected chi connectivity index (χ4v) is 3.34. The highest BCUT2D eigenvalue weighted by molar-refractivity contribution is 7.91. The number of halogens is 2. The average molecular weight is 343 g/mol. The second kappa shape index (κ2) is 6.62. The van der Waals surface area contributed by atoms with E-state index in [4.69, 9.17) is 11.6 Å². The van der Waals surface area contributed by atoms with E-state index in [0.717, 1.165) is 5.56 Å². The van der Waals surface area contributed by atoms with Crippen molar-refractivity contribution in [2.24, 2.45) is 0 Å². The van der Waals surface area contributed by atoms with Crippen molar-refractivity contribution >= 4 is 27.3 Å². The molecule has 0 spiro atoms. The second-order valence-corrected chi connectivity index (χ2v) is 7.49. The summed E-state index contributed by atoms with van der Waals surface area (Å²) in [7, 11) is -1.64. The lowest BCUT2D eigenvalue weighted by atomic mass is 10.2. The minimum atomic E-state index is -3.37. The molecular formula is C15H16ClFN2O2S. The zero-order valence-electron chi connectivity index (χ0n) is 12.3. The molecule has 0 N–H and O–H groups in total. The Labute approximate surface area is 134 Å². The van der Waals surface area contributed by atoms with Gasteiger partial charge in [0, 0.05) is 19.8 Å². The van der Waals surface area contributed by atoms with Crippen LogP contribution in [0.15, 0.2) is 41.4 Å². The molecule has 0 bridgehead atoms. The van der Waals surface area contributed by atoms with Crippen LogP contribution in [0.3, 0.4) is 0 Å². The van der Waals surface area contributed by atoms with Crippen LogP contribution in [0.4, 0.5) is 10.2 Å². The molecule has 1 aromatic heterocycles. The molecule has 0 radical (unpaired) electrons. The molecule has 118 valence electrons. The molecule has 2 aromatic rings. The summed E-state index contributed by atoms with van der Waals surface area (Å²) in [6, 6.07) is 7.54. The Kier molecular flexibility index (Phi) is 5.03. The maximum atomic E-state index is 13.2. The minimum Gasteiger partial charge on any atom is -0.354 e. The standard InChI is InChI=1S/C15H16ClFN2O2S/c1-3-22(20,21)14-5-4-8-18-15(14)19(2)10-11-6-7-13(17)12(16)9-11/h4-9H,3,10H2,1-2H3. The molecule has 0 fully saturated rings. The maximum Gasteiger partial charge on any atom is 0.181 e. The Hall–Kier alpha value is -1.66. The minimum absolute atomic E-state index is 0.00189. The third-order valence-electron chi connectivity index (χ3n) is 3.23. The Morgan fingerprint density at radius 3 is 2.68 bits per heavy atom. The fourth-order valence-electron chi connectivity index (χ4n) is 2.05. The number of rotatable bonds is 5. The first-order valence-corrected chi connectivity index (χ1v) is 8.71. The van der Waals surface area contributed by atoms with Gasteiger partial charge in [-0.2, -0.15) is 0 Å². The number of aromatic nitrogens is 1. The third-order valence-corrected chi connectivity index (χ3v) is 5.27. The van der Waals surface area contributed by atoms with Crippen LogP contribution >= 0.6 is 11.6 Å². The van der Waals surface area contributed by atoms with Crippen LogP contribution < -0.4 is 4.90 Å². The van der Waals surface area contributed by atoms with E-state index >= 15 is 0 Å². The van der Waals surface area contributed by atoms with Crippen molar-refractivity contribution in [2.45, 2.75) is 18.4 Å². The van der Waals surface area contributed by atoms with Crippen LogP contribution in [0, 0.1) is 5.82 Å². The van der Waals surface area contributed by atoms with Gasteiger partial charge in [-0.05, 0) is 29.8 Å². The molecule has 4 nitrogen and oxygen atoms in total. The van der Waals surface area contributed by atoms with E-state index in [-0.39, 0.29) is 15.7 Å². The van der Waals surface area contributed by atoms with Crippen molar-refractivity contribution < 1.29 is 12.8 Å². The SMILES string of the molecule is CCS(=O)(=O)c1cccnc1N(C)Cc1ccc(F)c(Cl)c1. The summed E-state index contributed by atoms with van der Waals surface area (Å²) in [5, 5.41) is 0.0355. The predicted octanol–water partition coefficient (Wildman–Crippen LogP) is 3.30. The van der Waals surface area contributed by atoms with E-state index in [1.807, 2.05) is 0 Å². The van der Waals surface area contributed by atoms with Crippen molar-refractivity contribution in [1.29, 1.82) is 0 Å². The number of benzene rings is 1. The second-order valence-electron chi connectivity index (χ2n) is 4.83. The average Bonchev–Trinajstić information content (AvgIpc) is 2.51. The van der Waals surface area contributed by atoms with Gasteiger partial charge in [0.2, 0.25) is 0 Å². The van der Waals surface area contributed by atoms with E-state index in [1.54, 1.807) is 31.0 Å². The largest absolute Gasteiger partial charge is 0.354 e. The number of hydrogen-bond acceptors (Lipinski definition) is 4. The predicted molar refractivity (Wildman–Crippen MR) is 85.5 cm³/mol. The fraction of sp³-hybridized carbons (Fsp3) is 0.267. The monoisotopic (exact) mass is 342 g/mol. The quantitative estimate of drug-likeness (QED) is 0.836. The molecule has 0 saturated heterocycles. The number of pyridine rings is 1. The molecule has 22 heavy (non-hydrogen) atoms. The van der Waals surface area contributed by atoms with Gasteiger partial charge in [0.15, 0.2) is 9.84 Å². The van der Waals surface area contributed by atoms with Crippen LogP contribution in [0.5, 0.6) is 0 Å². The van der Waals surface area contributed by atoms with E-state index < -0.39 is 15.7 Å². The normalized spacial score (nSPS) is 11.5. The molecule has 0 aliphatic heterocycles. The van der Waals surface area contributed by atoms with Crippen LogP contribution in [0.2, 0.25) is 5.02 Å². The molecule has 0 saturated carbocycles. The Morgan fingerprint density at radius 1 is 1.32 bits per heavy atom. The summed E-state index contributed by atoms with van der Waals surface area (Å²) in [5.41, 5.74) is 0.763. The van der Waals surface area contributed by atoms with E-state index in [0.29, 0.717) is 12.4 Å². The van der Waals surface area contributed by atoms with E-state index in [1.165, 1.54) is 24.4 Å². The highest BCUT2D eigenvalue weighted by Crippen LogP contribution is 2.24. The summed E-state index contributed by atoms with van der Waals surface area (Å²) < 4.78 is 37.5. The molecular weight excluding hydrogens is 327 g/mol. The lowest BCUT2D eigenvalue weighted by molar-refractivity contribution is 0.596. The number of sulfone groups is 1. The van der Waals surface area contributed by atoms with Crippen molar-refractivity contribution in [3.63, 3.8) is 0 Å². The van der Waals surface area contributed by atoms with Gasteiger partial charge in [-0.3, -0.25) is 0 Å². The Morgan fingerprint density at radius 2 is 2.05 bits per heavy atom. The highest BCUT2D eigenvalue weighted by atomic mass is 35.5. The first-order valence-electron chi connectivity index (χ1n) is 6.68. The highest BCUT2D eigenvalue weighted by Gasteiger charge is 2.20. The van der Waals surface area contributed by atoms with Crippen molar-refractivity contribution in [1.82, 2.24) is 4.98 Å². The van der Waals surface area contributed by atoms with Crippen LogP contribution in [0.25, 0.3) is 0 Å². The molecule has 0 aliphatic carbocycles. The van der Waals surface area contributed by atoms with Gasteiger partial charge in [-0.25, -0.2) is 17.8 Å². The lowest BCUT2D eigenvalue weighted by Crippen LogP contribution is -2.21. The van der Waals surface area contributed by atoms with Gasteiger partial charge in [0.25, 0.3) is 0 Å². The molecule has 1 heterocycles. The zero-order valence-corrected chi connectivity index (χ0v) is 13.8. The Bertz CT molecular complexity index is 781. The van der Waals surface area contributed by atoms with Gasteiger partial charge in [0.05, 0.1) is 10.8 Å². The summed E-state index contributed by atoms with van der Waals surface area (Å²) in [6.45, 7) is 1.95. The van der Waals surface area contributed by atoms with Gasteiger partial charge in [-0.15, -0.1) is 0 Å². The van der Waals surface area contributed by atoms with Crippen molar-refractivity contribution in [3.8, 4) is 0 Å². The zero-order chi connectivity index (χ0) is 16.3. The summed E-state index contributed by atoms with van der Waals surface area (Å²) >= 11 is 5.76. The van der Waals surface area contributed by atoms with Crippen LogP contribution in [-0.4, -0.2) is 26.2 Å². The topological polar surface area (TPSA) is 50.3 Å². The van der Waals surface area contributed by atoms with E-state index in [9.17, 15) is 12.8 Å². The molecule has 0 atom stereocenters. The molecule has 2 rings (SSSR count). The number of nitrogens with zero attached hydrogens (tertiary/aromatic N) is 2. The first-order chi connectivity index (χ1) is 10.3. The molecule has 7 heteroatoms. The van der Waals surface area contributed by atoms with Crippen LogP contribution in [0.1, 0.15) is 12.5 Å². The van der Waals surface area contributed by atoms with Crippen LogP contribution in [-0.2, 0) is 16.4 Å².